The van der Waals surface area contributed by atoms with Crippen molar-refractivity contribution in [3.05, 3.63) is 33.9 Å². The molecule has 1 aliphatic heterocycles. The van der Waals surface area contributed by atoms with Crippen molar-refractivity contribution in [2.75, 3.05) is 6.61 Å². The van der Waals surface area contributed by atoms with Gasteiger partial charge in [-0.3, -0.25) is 10.1 Å². The Kier molecular flexibility index (Phi) is 5.31. The minimum Gasteiger partial charge on any atom is -0.478 e. The van der Waals surface area contributed by atoms with Crippen molar-refractivity contribution >= 4 is 11.7 Å². The lowest BCUT2D eigenvalue weighted by Gasteiger charge is -2.39. The zero-order valence-electron chi connectivity index (χ0n) is 12.1. The standard InChI is InChI=1S/C13H15NO10/c15-4-7-8(16)9(17)10(18)13(23-7)24-11-5(12(19)20)2-1-3-6(11)14(21)22/h1-3,7-10,13,15-18H,4H2,(H,19,20)/t7-,8-,9+,10-,13?/m1/s1. The maximum absolute atomic E-state index is 11.2. The number of rotatable bonds is 5. The molecule has 5 N–H and O–H groups in total. The summed E-state index contributed by atoms with van der Waals surface area (Å²) < 4.78 is 10.2. The fourth-order valence-electron chi connectivity index (χ4n) is 2.24. The molecular formula is C13H15NO10. The highest BCUT2D eigenvalue weighted by molar-refractivity contribution is 5.92. The van der Waals surface area contributed by atoms with E-state index >= 15 is 0 Å². The SMILES string of the molecule is O=C(O)c1cccc([N+](=O)[O-])c1OC1O[C@H](CO)[C@@H](O)[C@H](O)[C@H]1O. The number of aliphatic hydroxyl groups excluding tert-OH is 4. The fourth-order valence-corrected chi connectivity index (χ4v) is 2.24. The molecule has 1 aromatic carbocycles. The predicted octanol–water partition coefficient (Wildman–Crippen LogP) is -1.53. The molecule has 1 aromatic rings. The van der Waals surface area contributed by atoms with Crippen LogP contribution in [0.15, 0.2) is 18.2 Å². The van der Waals surface area contributed by atoms with Crippen LogP contribution < -0.4 is 4.74 Å². The van der Waals surface area contributed by atoms with Crippen LogP contribution in [0.2, 0.25) is 0 Å². The van der Waals surface area contributed by atoms with Crippen LogP contribution in [0.25, 0.3) is 0 Å². The van der Waals surface area contributed by atoms with Gasteiger partial charge >= 0.3 is 11.7 Å². The molecule has 0 saturated carbocycles. The Morgan fingerprint density at radius 3 is 2.46 bits per heavy atom. The van der Waals surface area contributed by atoms with E-state index in [1.807, 2.05) is 0 Å². The van der Waals surface area contributed by atoms with E-state index in [0.717, 1.165) is 18.2 Å². The van der Waals surface area contributed by atoms with Gasteiger partial charge in [0, 0.05) is 6.07 Å². The number of carboxylic acids is 1. The zero-order chi connectivity index (χ0) is 18.0. The molecule has 1 heterocycles. The molecule has 0 amide bonds. The maximum Gasteiger partial charge on any atom is 0.339 e. The Labute approximate surface area is 134 Å². The van der Waals surface area contributed by atoms with Crippen molar-refractivity contribution in [2.24, 2.45) is 0 Å². The number of nitro benzene ring substituents is 1. The second-order valence-corrected chi connectivity index (χ2v) is 5.03. The van der Waals surface area contributed by atoms with E-state index in [-0.39, 0.29) is 0 Å². The van der Waals surface area contributed by atoms with Crippen LogP contribution in [-0.4, -0.2) is 73.7 Å². The third kappa shape index (κ3) is 3.29. The first-order valence-corrected chi connectivity index (χ1v) is 6.75. The van der Waals surface area contributed by atoms with Gasteiger partial charge in [-0.2, -0.15) is 0 Å². The molecule has 0 spiro atoms. The second kappa shape index (κ2) is 7.07. The van der Waals surface area contributed by atoms with Gasteiger partial charge in [-0.05, 0) is 6.07 Å². The monoisotopic (exact) mass is 345 g/mol. The lowest BCUT2D eigenvalue weighted by Crippen LogP contribution is -2.60. The molecule has 1 fully saturated rings. The summed E-state index contributed by atoms with van der Waals surface area (Å²) in [5.41, 5.74) is -1.24. The normalized spacial score (nSPS) is 29.9. The zero-order valence-corrected chi connectivity index (χ0v) is 12.1. The number of ether oxygens (including phenoxy) is 2. The van der Waals surface area contributed by atoms with Crippen molar-refractivity contribution in [3.63, 3.8) is 0 Å². The molecule has 11 nitrogen and oxygen atoms in total. The van der Waals surface area contributed by atoms with Crippen LogP contribution in [0.1, 0.15) is 10.4 Å². The van der Waals surface area contributed by atoms with E-state index in [4.69, 9.17) is 19.7 Å². The summed E-state index contributed by atoms with van der Waals surface area (Å²) >= 11 is 0. The van der Waals surface area contributed by atoms with Crippen LogP contribution >= 0.6 is 0 Å². The quantitative estimate of drug-likeness (QED) is 0.310. The van der Waals surface area contributed by atoms with Crippen molar-refractivity contribution in [2.45, 2.75) is 30.7 Å². The largest absolute Gasteiger partial charge is 0.478 e. The minimum absolute atomic E-state index is 0.554. The van der Waals surface area contributed by atoms with E-state index in [9.17, 15) is 30.2 Å². The number of hydrogen-bond donors (Lipinski definition) is 5. The summed E-state index contributed by atoms with van der Waals surface area (Å²) in [6, 6.07) is 3.18. The molecule has 0 radical (unpaired) electrons. The molecule has 132 valence electrons. The van der Waals surface area contributed by atoms with Crippen LogP contribution in [0.5, 0.6) is 5.75 Å². The van der Waals surface area contributed by atoms with Gasteiger partial charge < -0.3 is 35.0 Å². The molecule has 0 aromatic heterocycles. The number of benzene rings is 1. The van der Waals surface area contributed by atoms with E-state index < -0.39 is 65.2 Å². The third-order valence-corrected chi connectivity index (χ3v) is 3.50. The summed E-state index contributed by atoms with van der Waals surface area (Å²) in [6.07, 6.45) is -8.28. The number of aliphatic hydroxyl groups is 4. The van der Waals surface area contributed by atoms with Crippen LogP contribution in [-0.2, 0) is 4.74 Å². The van der Waals surface area contributed by atoms with Crippen LogP contribution in [0.3, 0.4) is 0 Å². The number of aromatic carboxylic acids is 1. The lowest BCUT2D eigenvalue weighted by atomic mass is 9.99. The molecule has 0 bridgehead atoms. The van der Waals surface area contributed by atoms with Gasteiger partial charge in [-0.25, -0.2) is 4.79 Å². The Hall–Kier alpha value is -2.31. The van der Waals surface area contributed by atoms with E-state index in [1.54, 1.807) is 0 Å². The molecule has 24 heavy (non-hydrogen) atoms. The summed E-state index contributed by atoms with van der Waals surface area (Å²) in [4.78, 5) is 21.4. The Bertz CT molecular complexity index is 601. The predicted molar refractivity (Wildman–Crippen MR) is 74.5 cm³/mol. The minimum atomic E-state index is -1.83. The summed E-state index contributed by atoms with van der Waals surface area (Å²) in [7, 11) is 0. The smallest absolute Gasteiger partial charge is 0.339 e. The van der Waals surface area contributed by atoms with E-state index in [1.165, 1.54) is 0 Å². The number of carboxylic acid groups (broad SMARTS) is 1. The van der Waals surface area contributed by atoms with Crippen molar-refractivity contribution < 1.29 is 44.7 Å². The van der Waals surface area contributed by atoms with Gasteiger partial charge in [0.1, 0.15) is 30.0 Å². The third-order valence-electron chi connectivity index (χ3n) is 3.50. The Morgan fingerprint density at radius 1 is 1.25 bits per heavy atom. The molecule has 11 heteroatoms. The van der Waals surface area contributed by atoms with Gasteiger partial charge in [0.15, 0.2) is 0 Å². The second-order valence-electron chi connectivity index (χ2n) is 5.03. The average molecular weight is 345 g/mol. The lowest BCUT2D eigenvalue weighted by molar-refractivity contribution is -0.387. The van der Waals surface area contributed by atoms with Gasteiger partial charge in [0.05, 0.1) is 11.5 Å². The highest BCUT2D eigenvalue weighted by Gasteiger charge is 2.45. The number of nitro groups is 1. The molecule has 1 saturated heterocycles. The average Bonchev–Trinajstić information content (AvgIpc) is 2.54. The fraction of sp³-hybridized carbons (Fsp3) is 0.462. The van der Waals surface area contributed by atoms with Gasteiger partial charge in [-0.1, -0.05) is 6.07 Å². The van der Waals surface area contributed by atoms with Crippen molar-refractivity contribution in [1.29, 1.82) is 0 Å². The number of para-hydroxylation sites is 1. The molecule has 1 unspecified atom stereocenters. The Morgan fingerprint density at radius 2 is 1.92 bits per heavy atom. The van der Waals surface area contributed by atoms with Crippen LogP contribution in [0.4, 0.5) is 5.69 Å². The molecular weight excluding hydrogens is 330 g/mol. The summed E-state index contributed by atoms with van der Waals surface area (Å²) in [5.74, 6) is -2.20. The first-order valence-electron chi connectivity index (χ1n) is 6.75. The molecule has 5 atom stereocenters. The van der Waals surface area contributed by atoms with Crippen molar-refractivity contribution in [1.82, 2.24) is 0 Å². The van der Waals surface area contributed by atoms with Gasteiger partial charge in [0.25, 0.3) is 0 Å². The van der Waals surface area contributed by atoms with Crippen molar-refractivity contribution in [3.8, 4) is 5.75 Å². The summed E-state index contributed by atoms with van der Waals surface area (Å²) in [6.45, 7) is -0.729. The first kappa shape index (κ1) is 18.0. The number of hydrogen-bond acceptors (Lipinski definition) is 9. The van der Waals surface area contributed by atoms with Gasteiger partial charge in [0.2, 0.25) is 12.0 Å². The highest BCUT2D eigenvalue weighted by Crippen LogP contribution is 2.34. The van der Waals surface area contributed by atoms with E-state index in [2.05, 4.69) is 0 Å². The molecule has 2 rings (SSSR count). The molecule has 1 aliphatic rings. The van der Waals surface area contributed by atoms with E-state index in [0.29, 0.717) is 0 Å². The molecule has 0 aliphatic carbocycles. The van der Waals surface area contributed by atoms with Gasteiger partial charge in [-0.15, -0.1) is 0 Å². The summed E-state index contributed by atoms with van der Waals surface area (Å²) in [5, 5.41) is 58.5. The van der Waals surface area contributed by atoms with Crippen LogP contribution in [0, 0.1) is 10.1 Å². The maximum atomic E-state index is 11.2. The number of nitrogens with zero attached hydrogens (tertiary/aromatic N) is 1. The first-order chi connectivity index (χ1) is 11.3. The number of carbonyl (C=O) groups is 1. The Balaban J connectivity index is 2.39. The topological polar surface area (TPSA) is 180 Å². The highest BCUT2D eigenvalue weighted by atomic mass is 16.7.